The molecule has 0 atom stereocenters. The van der Waals surface area contributed by atoms with Gasteiger partial charge in [-0.15, -0.1) is 0 Å². The number of benzene rings is 2. The molecule has 0 unspecified atom stereocenters. The molecule has 0 bridgehead atoms. The second-order valence-corrected chi connectivity index (χ2v) is 6.30. The SMILES string of the molecule is COc1cc2ccc(Br)cc2cc1C1(CN)CCC1. The number of methoxy groups -OCH3 is 1. The maximum absolute atomic E-state index is 6.03. The lowest BCUT2D eigenvalue weighted by Gasteiger charge is -2.42. The van der Waals surface area contributed by atoms with Gasteiger partial charge in [-0.25, -0.2) is 0 Å². The minimum atomic E-state index is 0.127. The van der Waals surface area contributed by atoms with Gasteiger partial charge in [-0.2, -0.15) is 0 Å². The van der Waals surface area contributed by atoms with Crippen LogP contribution in [0.2, 0.25) is 0 Å². The average Bonchev–Trinajstić information content (AvgIpc) is 2.37. The summed E-state index contributed by atoms with van der Waals surface area (Å²) in [6.45, 7) is 0.697. The highest BCUT2D eigenvalue weighted by atomic mass is 79.9. The molecule has 19 heavy (non-hydrogen) atoms. The highest BCUT2D eigenvalue weighted by Gasteiger charge is 2.39. The molecule has 3 heteroatoms. The van der Waals surface area contributed by atoms with E-state index in [2.05, 4.69) is 46.3 Å². The van der Waals surface area contributed by atoms with E-state index in [-0.39, 0.29) is 5.41 Å². The number of hydrogen-bond acceptors (Lipinski definition) is 2. The molecule has 100 valence electrons. The molecular weight excluding hydrogens is 302 g/mol. The van der Waals surface area contributed by atoms with Gasteiger partial charge in [0.05, 0.1) is 7.11 Å². The Balaban J connectivity index is 2.21. The molecule has 1 aliphatic carbocycles. The second kappa shape index (κ2) is 4.80. The minimum Gasteiger partial charge on any atom is -0.496 e. The lowest BCUT2D eigenvalue weighted by atomic mass is 9.64. The van der Waals surface area contributed by atoms with Gasteiger partial charge in [-0.1, -0.05) is 28.4 Å². The van der Waals surface area contributed by atoms with Crippen molar-refractivity contribution in [3.05, 3.63) is 40.4 Å². The maximum Gasteiger partial charge on any atom is 0.123 e. The summed E-state index contributed by atoms with van der Waals surface area (Å²) >= 11 is 3.54. The van der Waals surface area contributed by atoms with Crippen molar-refractivity contribution >= 4 is 26.7 Å². The Morgan fingerprint density at radius 1 is 1.21 bits per heavy atom. The normalized spacial score (nSPS) is 17.2. The molecule has 0 heterocycles. The van der Waals surface area contributed by atoms with Crippen LogP contribution in [-0.4, -0.2) is 13.7 Å². The van der Waals surface area contributed by atoms with Gasteiger partial charge >= 0.3 is 0 Å². The fourth-order valence-corrected chi connectivity index (χ4v) is 3.40. The van der Waals surface area contributed by atoms with Crippen molar-refractivity contribution in [2.24, 2.45) is 5.73 Å². The van der Waals surface area contributed by atoms with Crippen molar-refractivity contribution in [3.8, 4) is 5.75 Å². The number of nitrogens with two attached hydrogens (primary N) is 1. The third-order valence-corrected chi connectivity index (χ3v) is 4.89. The monoisotopic (exact) mass is 319 g/mol. The molecule has 0 amide bonds. The van der Waals surface area contributed by atoms with Crippen LogP contribution < -0.4 is 10.5 Å². The largest absolute Gasteiger partial charge is 0.496 e. The molecule has 1 fully saturated rings. The number of fused-ring (bicyclic) bond motifs is 1. The Kier molecular flexibility index (Phi) is 3.27. The van der Waals surface area contributed by atoms with Crippen molar-refractivity contribution in [3.63, 3.8) is 0 Å². The molecule has 3 rings (SSSR count). The zero-order valence-corrected chi connectivity index (χ0v) is 12.7. The van der Waals surface area contributed by atoms with Gasteiger partial charge in [0.15, 0.2) is 0 Å². The van der Waals surface area contributed by atoms with Gasteiger partial charge in [0.2, 0.25) is 0 Å². The molecule has 0 saturated heterocycles. The van der Waals surface area contributed by atoms with Gasteiger partial charge in [-0.05, 0) is 47.9 Å². The molecule has 1 saturated carbocycles. The Bertz CT molecular complexity index is 614. The Hall–Kier alpha value is -1.06. The first kappa shape index (κ1) is 12.9. The molecule has 2 N–H and O–H groups in total. The number of halogens is 1. The standard InChI is InChI=1S/C16H18BrNO/c1-19-15-9-11-3-4-13(17)7-12(11)8-14(15)16(10-18)5-2-6-16/h3-4,7-9H,2,5-6,10,18H2,1H3. The molecule has 2 aromatic carbocycles. The van der Waals surface area contributed by atoms with Crippen molar-refractivity contribution in [1.29, 1.82) is 0 Å². The summed E-state index contributed by atoms with van der Waals surface area (Å²) in [6, 6.07) is 10.7. The van der Waals surface area contributed by atoms with Crippen LogP contribution in [0.25, 0.3) is 10.8 Å². The van der Waals surface area contributed by atoms with E-state index < -0.39 is 0 Å². The summed E-state index contributed by atoms with van der Waals surface area (Å²) < 4.78 is 6.70. The molecule has 2 nitrogen and oxygen atoms in total. The van der Waals surface area contributed by atoms with Gasteiger partial charge in [0.25, 0.3) is 0 Å². The Labute approximate surface area is 122 Å². The van der Waals surface area contributed by atoms with Gasteiger partial charge in [0, 0.05) is 22.0 Å². The summed E-state index contributed by atoms with van der Waals surface area (Å²) in [4.78, 5) is 0. The van der Waals surface area contributed by atoms with Crippen LogP contribution in [0.5, 0.6) is 5.75 Å². The van der Waals surface area contributed by atoms with Crippen molar-refractivity contribution in [2.45, 2.75) is 24.7 Å². The first-order valence-corrected chi connectivity index (χ1v) is 7.46. The van der Waals surface area contributed by atoms with E-state index in [0.29, 0.717) is 6.54 Å². The van der Waals surface area contributed by atoms with Gasteiger partial charge in [0.1, 0.15) is 5.75 Å². The zero-order chi connectivity index (χ0) is 13.5. The first-order valence-electron chi connectivity index (χ1n) is 6.66. The number of hydrogen-bond donors (Lipinski definition) is 1. The van der Waals surface area contributed by atoms with Crippen LogP contribution in [0.4, 0.5) is 0 Å². The fraction of sp³-hybridized carbons (Fsp3) is 0.375. The molecule has 0 radical (unpaired) electrons. The van der Waals surface area contributed by atoms with E-state index in [1.165, 1.54) is 35.6 Å². The predicted molar refractivity (Wildman–Crippen MR) is 82.8 cm³/mol. The molecule has 0 aromatic heterocycles. The summed E-state index contributed by atoms with van der Waals surface area (Å²) in [5.74, 6) is 0.972. The van der Waals surface area contributed by atoms with E-state index in [4.69, 9.17) is 10.5 Å². The molecule has 1 aliphatic rings. The minimum absolute atomic E-state index is 0.127. The van der Waals surface area contributed by atoms with Gasteiger partial charge < -0.3 is 10.5 Å². The third-order valence-electron chi connectivity index (χ3n) is 4.39. The summed E-state index contributed by atoms with van der Waals surface area (Å²) in [7, 11) is 1.74. The van der Waals surface area contributed by atoms with E-state index in [1.807, 2.05) is 0 Å². The average molecular weight is 320 g/mol. The quantitative estimate of drug-likeness (QED) is 0.928. The fourth-order valence-electron chi connectivity index (χ4n) is 3.02. The molecule has 0 aliphatic heterocycles. The van der Waals surface area contributed by atoms with Gasteiger partial charge in [-0.3, -0.25) is 0 Å². The van der Waals surface area contributed by atoms with Crippen LogP contribution >= 0.6 is 15.9 Å². The molecule has 2 aromatic rings. The Morgan fingerprint density at radius 3 is 2.58 bits per heavy atom. The molecular formula is C16H18BrNO. The summed E-state index contributed by atoms with van der Waals surface area (Å²) in [6.07, 6.45) is 3.59. The lowest BCUT2D eigenvalue weighted by molar-refractivity contribution is 0.244. The van der Waals surface area contributed by atoms with Crippen LogP contribution in [-0.2, 0) is 5.41 Å². The van der Waals surface area contributed by atoms with Crippen molar-refractivity contribution in [1.82, 2.24) is 0 Å². The first-order chi connectivity index (χ1) is 9.18. The lowest BCUT2D eigenvalue weighted by Crippen LogP contribution is -2.41. The van der Waals surface area contributed by atoms with E-state index in [1.54, 1.807) is 7.11 Å². The highest BCUT2D eigenvalue weighted by Crippen LogP contribution is 2.47. The zero-order valence-electron chi connectivity index (χ0n) is 11.1. The summed E-state index contributed by atoms with van der Waals surface area (Å²) in [5, 5.41) is 2.44. The van der Waals surface area contributed by atoms with Crippen LogP contribution in [0, 0.1) is 0 Å². The summed E-state index contributed by atoms with van der Waals surface area (Å²) in [5.41, 5.74) is 7.43. The van der Waals surface area contributed by atoms with Crippen molar-refractivity contribution in [2.75, 3.05) is 13.7 Å². The second-order valence-electron chi connectivity index (χ2n) is 5.38. The highest BCUT2D eigenvalue weighted by molar-refractivity contribution is 9.10. The van der Waals surface area contributed by atoms with Crippen LogP contribution in [0.1, 0.15) is 24.8 Å². The predicted octanol–water partition coefficient (Wildman–Crippen LogP) is 3.99. The van der Waals surface area contributed by atoms with E-state index >= 15 is 0 Å². The topological polar surface area (TPSA) is 35.2 Å². The van der Waals surface area contributed by atoms with Crippen LogP contribution in [0.3, 0.4) is 0 Å². The van der Waals surface area contributed by atoms with E-state index in [9.17, 15) is 0 Å². The number of ether oxygens (including phenoxy) is 1. The third kappa shape index (κ3) is 2.05. The Morgan fingerprint density at radius 2 is 2.00 bits per heavy atom. The number of rotatable bonds is 3. The van der Waals surface area contributed by atoms with Crippen molar-refractivity contribution < 1.29 is 4.74 Å². The maximum atomic E-state index is 6.03. The van der Waals surface area contributed by atoms with E-state index in [0.717, 1.165) is 10.2 Å². The molecule has 0 spiro atoms. The smallest absolute Gasteiger partial charge is 0.123 e. The van der Waals surface area contributed by atoms with Crippen LogP contribution in [0.15, 0.2) is 34.8 Å².